The van der Waals surface area contributed by atoms with E-state index in [0.717, 1.165) is 24.5 Å². The van der Waals surface area contributed by atoms with Crippen LogP contribution >= 0.6 is 0 Å². The van der Waals surface area contributed by atoms with Gasteiger partial charge in [-0.05, 0) is 24.7 Å². The molecule has 2 N–H and O–H groups in total. The molecule has 2 aromatic rings. The van der Waals surface area contributed by atoms with Gasteiger partial charge in [-0.3, -0.25) is 4.90 Å². The fourth-order valence-corrected chi connectivity index (χ4v) is 2.00. The molecule has 1 atom stereocenters. The van der Waals surface area contributed by atoms with Crippen molar-refractivity contribution in [3.05, 3.63) is 48.4 Å². The van der Waals surface area contributed by atoms with Crippen LogP contribution in [-0.4, -0.2) is 28.0 Å². The zero-order valence-electron chi connectivity index (χ0n) is 10.5. The molecular weight excluding hydrogens is 228 g/mol. The van der Waals surface area contributed by atoms with Crippen molar-refractivity contribution in [2.75, 3.05) is 13.1 Å². The zero-order valence-corrected chi connectivity index (χ0v) is 10.5. The molecule has 0 spiro atoms. The van der Waals surface area contributed by atoms with Gasteiger partial charge in [0.25, 0.3) is 0 Å². The summed E-state index contributed by atoms with van der Waals surface area (Å²) >= 11 is 0. The van der Waals surface area contributed by atoms with Crippen molar-refractivity contribution in [1.29, 1.82) is 0 Å². The van der Waals surface area contributed by atoms with Gasteiger partial charge in [0.15, 0.2) is 0 Å². The summed E-state index contributed by atoms with van der Waals surface area (Å²) in [5.74, 6) is 0.935. The third-order valence-electron chi connectivity index (χ3n) is 2.96. The highest BCUT2D eigenvalue weighted by molar-refractivity contribution is 5.07. The molecule has 0 bridgehead atoms. The Labute approximate surface area is 107 Å². The van der Waals surface area contributed by atoms with Crippen LogP contribution in [0.4, 0.5) is 0 Å². The van der Waals surface area contributed by atoms with E-state index in [1.54, 1.807) is 18.8 Å². The lowest BCUT2D eigenvalue weighted by atomic mass is 10.1. The minimum atomic E-state index is 0.0862. The lowest BCUT2D eigenvalue weighted by Gasteiger charge is -2.28. The Bertz CT molecular complexity index is 443. The van der Waals surface area contributed by atoms with Crippen molar-refractivity contribution in [2.24, 2.45) is 5.73 Å². The van der Waals surface area contributed by atoms with Crippen molar-refractivity contribution in [1.82, 2.24) is 14.9 Å². The Morgan fingerprint density at radius 3 is 2.89 bits per heavy atom. The fraction of sp³-hybridized carbons (Fsp3) is 0.385. The molecule has 0 fully saturated rings. The minimum absolute atomic E-state index is 0.0862. The first-order valence-electron chi connectivity index (χ1n) is 6.07. The van der Waals surface area contributed by atoms with Crippen LogP contribution in [0.15, 0.2) is 41.4 Å². The third kappa shape index (κ3) is 2.94. The number of likely N-dealkylation sites (N-methyl/N-ethyl adjacent to an activating group) is 1. The standard InChI is InChI=1S/C13H18N4O/c1-2-17(9-11-4-3-7-18-11)13(8-14)12-5-6-15-10-16-12/h3-7,10,13H,2,8-9,14H2,1H3. The van der Waals surface area contributed by atoms with Crippen LogP contribution in [0, 0.1) is 0 Å². The highest BCUT2D eigenvalue weighted by Gasteiger charge is 2.19. The average molecular weight is 246 g/mol. The molecule has 5 nitrogen and oxygen atoms in total. The molecule has 0 aromatic carbocycles. The number of nitrogens with two attached hydrogens (primary N) is 1. The van der Waals surface area contributed by atoms with Gasteiger partial charge in [-0.2, -0.15) is 0 Å². The van der Waals surface area contributed by atoms with Crippen LogP contribution in [0.5, 0.6) is 0 Å². The maximum Gasteiger partial charge on any atom is 0.117 e. The van der Waals surface area contributed by atoms with Gasteiger partial charge in [0, 0.05) is 12.7 Å². The van der Waals surface area contributed by atoms with Gasteiger partial charge < -0.3 is 10.2 Å². The number of hydrogen-bond donors (Lipinski definition) is 1. The van der Waals surface area contributed by atoms with Gasteiger partial charge in [-0.1, -0.05) is 6.92 Å². The summed E-state index contributed by atoms with van der Waals surface area (Å²) in [6, 6.07) is 5.85. The van der Waals surface area contributed by atoms with Crippen LogP contribution in [-0.2, 0) is 6.54 Å². The summed E-state index contributed by atoms with van der Waals surface area (Å²) in [7, 11) is 0. The molecule has 96 valence electrons. The summed E-state index contributed by atoms with van der Waals surface area (Å²) < 4.78 is 5.38. The maximum absolute atomic E-state index is 5.88. The lowest BCUT2D eigenvalue weighted by Crippen LogP contribution is -2.33. The third-order valence-corrected chi connectivity index (χ3v) is 2.96. The largest absolute Gasteiger partial charge is 0.468 e. The van der Waals surface area contributed by atoms with Crippen molar-refractivity contribution in [3.8, 4) is 0 Å². The Morgan fingerprint density at radius 1 is 1.44 bits per heavy atom. The second-order valence-electron chi connectivity index (χ2n) is 4.03. The molecule has 0 amide bonds. The molecule has 0 radical (unpaired) electrons. The van der Waals surface area contributed by atoms with E-state index < -0.39 is 0 Å². The number of furan rings is 1. The monoisotopic (exact) mass is 246 g/mol. The van der Waals surface area contributed by atoms with Crippen LogP contribution < -0.4 is 5.73 Å². The van der Waals surface area contributed by atoms with Crippen molar-refractivity contribution >= 4 is 0 Å². The quantitative estimate of drug-likeness (QED) is 0.838. The first-order valence-corrected chi connectivity index (χ1v) is 6.07. The van der Waals surface area contributed by atoms with E-state index in [0.29, 0.717) is 6.54 Å². The average Bonchev–Trinajstić information content (AvgIpc) is 2.92. The van der Waals surface area contributed by atoms with Gasteiger partial charge >= 0.3 is 0 Å². The summed E-state index contributed by atoms with van der Waals surface area (Å²) in [5, 5.41) is 0. The van der Waals surface area contributed by atoms with Crippen molar-refractivity contribution in [3.63, 3.8) is 0 Å². The number of hydrogen-bond acceptors (Lipinski definition) is 5. The van der Waals surface area contributed by atoms with E-state index in [1.807, 2.05) is 18.2 Å². The Morgan fingerprint density at radius 2 is 2.33 bits per heavy atom. The first-order chi connectivity index (χ1) is 8.85. The summed E-state index contributed by atoms with van der Waals surface area (Å²) in [6.07, 6.45) is 4.98. The molecular formula is C13H18N4O. The van der Waals surface area contributed by atoms with Gasteiger partial charge in [-0.25, -0.2) is 9.97 Å². The van der Waals surface area contributed by atoms with Gasteiger partial charge in [-0.15, -0.1) is 0 Å². The molecule has 0 aliphatic carbocycles. The Hall–Kier alpha value is -1.72. The van der Waals surface area contributed by atoms with Gasteiger partial charge in [0.2, 0.25) is 0 Å². The smallest absolute Gasteiger partial charge is 0.117 e. The van der Waals surface area contributed by atoms with E-state index in [-0.39, 0.29) is 6.04 Å². The van der Waals surface area contributed by atoms with E-state index in [1.165, 1.54) is 0 Å². The van der Waals surface area contributed by atoms with E-state index in [4.69, 9.17) is 10.2 Å². The lowest BCUT2D eigenvalue weighted by molar-refractivity contribution is 0.184. The Kier molecular flexibility index (Phi) is 4.44. The SMILES string of the molecule is CCN(Cc1ccco1)C(CN)c1ccncn1. The number of rotatable bonds is 6. The van der Waals surface area contributed by atoms with Crippen molar-refractivity contribution in [2.45, 2.75) is 19.5 Å². The minimum Gasteiger partial charge on any atom is -0.468 e. The Balaban J connectivity index is 2.14. The highest BCUT2D eigenvalue weighted by Crippen LogP contribution is 2.19. The maximum atomic E-state index is 5.88. The topological polar surface area (TPSA) is 68.2 Å². The fourth-order valence-electron chi connectivity index (χ4n) is 2.00. The molecule has 5 heteroatoms. The van der Waals surface area contributed by atoms with E-state index in [9.17, 15) is 0 Å². The summed E-state index contributed by atoms with van der Waals surface area (Å²) in [5.41, 5.74) is 6.82. The molecule has 0 aliphatic heterocycles. The van der Waals surface area contributed by atoms with Crippen LogP contribution in [0.2, 0.25) is 0 Å². The molecule has 0 saturated heterocycles. The zero-order chi connectivity index (χ0) is 12.8. The van der Waals surface area contributed by atoms with Crippen LogP contribution in [0.25, 0.3) is 0 Å². The van der Waals surface area contributed by atoms with Crippen LogP contribution in [0.3, 0.4) is 0 Å². The first kappa shape index (κ1) is 12.7. The second-order valence-corrected chi connectivity index (χ2v) is 4.03. The van der Waals surface area contributed by atoms with Crippen LogP contribution in [0.1, 0.15) is 24.4 Å². The van der Waals surface area contributed by atoms with Gasteiger partial charge in [0.05, 0.1) is 24.5 Å². The summed E-state index contributed by atoms with van der Waals surface area (Å²) in [6.45, 7) is 4.24. The van der Waals surface area contributed by atoms with Gasteiger partial charge in [0.1, 0.15) is 12.1 Å². The molecule has 1 unspecified atom stereocenters. The summed E-state index contributed by atoms with van der Waals surface area (Å²) in [4.78, 5) is 10.5. The van der Waals surface area contributed by atoms with E-state index in [2.05, 4.69) is 21.8 Å². The van der Waals surface area contributed by atoms with E-state index >= 15 is 0 Å². The number of aromatic nitrogens is 2. The highest BCUT2D eigenvalue weighted by atomic mass is 16.3. The molecule has 18 heavy (non-hydrogen) atoms. The predicted molar refractivity (Wildman–Crippen MR) is 68.6 cm³/mol. The molecule has 0 saturated carbocycles. The molecule has 2 heterocycles. The molecule has 0 aliphatic rings. The molecule has 2 aromatic heterocycles. The second kappa shape index (κ2) is 6.28. The van der Waals surface area contributed by atoms with Crippen molar-refractivity contribution < 1.29 is 4.42 Å². The normalized spacial score (nSPS) is 12.8. The predicted octanol–water partition coefficient (Wildman–Crippen LogP) is 1.59. The molecule has 2 rings (SSSR count). The number of nitrogens with zero attached hydrogens (tertiary/aromatic N) is 3.